The molecule has 4 aromatic rings. The van der Waals surface area contributed by atoms with Gasteiger partial charge in [-0.3, -0.25) is 9.88 Å². The molecule has 0 amide bonds. The Morgan fingerprint density at radius 3 is 2.18 bits per heavy atom. The Morgan fingerprint density at radius 2 is 1.59 bits per heavy atom. The van der Waals surface area contributed by atoms with Crippen molar-refractivity contribution < 1.29 is 14.2 Å². The van der Waals surface area contributed by atoms with Gasteiger partial charge in [-0.25, -0.2) is 4.79 Å². The van der Waals surface area contributed by atoms with E-state index in [1.54, 1.807) is 11.8 Å². The van der Waals surface area contributed by atoms with Crippen LogP contribution in [-0.2, 0) is 15.3 Å². The number of aromatic amines is 1. The summed E-state index contributed by atoms with van der Waals surface area (Å²) < 4.78 is 20.5. The number of nitrogens with zero attached hydrogens (tertiary/aromatic N) is 7. The first-order valence-corrected chi connectivity index (χ1v) is 18.0. The fourth-order valence-electron chi connectivity index (χ4n) is 6.12. The van der Waals surface area contributed by atoms with E-state index in [0.717, 1.165) is 54.6 Å². The van der Waals surface area contributed by atoms with Crippen LogP contribution in [0.15, 0.2) is 87.8 Å². The molecule has 0 saturated carbocycles. The van der Waals surface area contributed by atoms with Gasteiger partial charge >= 0.3 is 5.69 Å². The molecule has 14 heteroatoms. The van der Waals surface area contributed by atoms with Crippen LogP contribution >= 0.6 is 23.4 Å². The van der Waals surface area contributed by atoms with E-state index in [1.807, 2.05) is 69.4 Å². The molecule has 3 aliphatic rings. The maximum Gasteiger partial charge on any atom is 0.348 e. The highest BCUT2D eigenvalue weighted by Crippen LogP contribution is 2.40. The van der Waals surface area contributed by atoms with Crippen molar-refractivity contribution in [1.29, 1.82) is 0 Å². The van der Waals surface area contributed by atoms with Gasteiger partial charge in [0.15, 0.2) is 5.50 Å². The standard InChI is InChI=1S/C35H41ClN8O4S/c1-24(2)32-38-33(45)44(40-32)29-10-8-27(9-11-29)42-16-18-43(19-17-42)28-12-14-30(15-13-28)46-20-31-21-47-35(48-31,25-4-6-26(36)7-5-25)22-49-34-39-37-23-41(34)3/h4-15,24,31,34H,16-23H2,1-3H3,(H,38,40,45). The number of ether oxygens (including phenoxy) is 3. The number of rotatable bonds is 11. The fourth-order valence-corrected chi connectivity index (χ4v) is 7.38. The molecule has 49 heavy (non-hydrogen) atoms. The first-order valence-electron chi connectivity index (χ1n) is 16.5. The van der Waals surface area contributed by atoms with Crippen LogP contribution in [0.3, 0.4) is 0 Å². The number of halogens is 1. The number of benzene rings is 3. The Labute approximate surface area is 295 Å². The second-order valence-electron chi connectivity index (χ2n) is 12.8. The van der Waals surface area contributed by atoms with E-state index in [1.165, 1.54) is 4.68 Å². The molecule has 3 aliphatic heterocycles. The number of H-pyrrole nitrogens is 1. The van der Waals surface area contributed by atoms with Gasteiger partial charge in [-0.15, -0.1) is 16.9 Å². The molecule has 3 aromatic carbocycles. The van der Waals surface area contributed by atoms with Gasteiger partial charge in [0.1, 0.15) is 31.0 Å². The summed E-state index contributed by atoms with van der Waals surface area (Å²) in [6, 6.07) is 23.9. The fraction of sp³-hybridized carbons (Fsp3) is 0.429. The van der Waals surface area contributed by atoms with E-state index in [-0.39, 0.29) is 23.2 Å². The van der Waals surface area contributed by atoms with E-state index in [2.05, 4.69) is 59.3 Å². The average Bonchev–Trinajstić information content (AvgIpc) is 3.86. The highest BCUT2D eigenvalue weighted by atomic mass is 35.5. The third-order valence-electron chi connectivity index (χ3n) is 8.97. The van der Waals surface area contributed by atoms with E-state index < -0.39 is 5.79 Å². The molecule has 0 bridgehead atoms. The molecule has 2 saturated heterocycles. The van der Waals surface area contributed by atoms with Gasteiger partial charge in [-0.1, -0.05) is 37.6 Å². The second kappa shape index (κ2) is 14.5. The molecule has 7 rings (SSSR count). The van der Waals surface area contributed by atoms with E-state index in [9.17, 15) is 4.79 Å². The quantitative estimate of drug-likeness (QED) is 0.211. The smallest absolute Gasteiger partial charge is 0.348 e. The van der Waals surface area contributed by atoms with Crippen LogP contribution in [0.5, 0.6) is 5.75 Å². The molecule has 12 nitrogen and oxygen atoms in total. The summed E-state index contributed by atoms with van der Waals surface area (Å²) in [5.74, 6) is 1.26. The zero-order chi connectivity index (χ0) is 34.0. The molecule has 3 unspecified atom stereocenters. The molecule has 258 valence electrons. The average molecular weight is 705 g/mol. The Bertz CT molecular complexity index is 1790. The predicted molar refractivity (Wildman–Crippen MR) is 192 cm³/mol. The first-order chi connectivity index (χ1) is 23.8. The molecule has 0 spiro atoms. The summed E-state index contributed by atoms with van der Waals surface area (Å²) in [6.07, 6.45) is -0.237. The highest BCUT2D eigenvalue weighted by Gasteiger charge is 2.44. The number of aromatic nitrogens is 3. The lowest BCUT2D eigenvalue weighted by atomic mass is 10.1. The van der Waals surface area contributed by atoms with Gasteiger partial charge in [0.05, 0.1) is 18.0 Å². The Balaban J connectivity index is 0.910. The molecule has 4 heterocycles. The van der Waals surface area contributed by atoms with Crippen LogP contribution in [0.2, 0.25) is 5.02 Å². The van der Waals surface area contributed by atoms with Crippen molar-refractivity contribution in [2.75, 3.05) is 68.7 Å². The predicted octanol–water partition coefficient (Wildman–Crippen LogP) is 5.68. The van der Waals surface area contributed by atoms with Gasteiger partial charge in [0, 0.05) is 54.1 Å². The summed E-state index contributed by atoms with van der Waals surface area (Å²) in [4.78, 5) is 22.0. The zero-order valence-corrected chi connectivity index (χ0v) is 29.4. The monoisotopic (exact) mass is 704 g/mol. The molecular weight excluding hydrogens is 664 g/mol. The number of hydrogen-bond acceptors (Lipinski definition) is 11. The normalized spacial score (nSPS) is 22.8. The van der Waals surface area contributed by atoms with Gasteiger partial charge in [0.2, 0.25) is 5.79 Å². The largest absolute Gasteiger partial charge is 0.491 e. The maximum absolute atomic E-state index is 12.4. The van der Waals surface area contributed by atoms with Crippen molar-refractivity contribution in [2.24, 2.45) is 10.2 Å². The molecule has 0 aliphatic carbocycles. The highest BCUT2D eigenvalue weighted by molar-refractivity contribution is 7.99. The Kier molecular flexibility index (Phi) is 9.97. The van der Waals surface area contributed by atoms with E-state index >= 15 is 0 Å². The van der Waals surface area contributed by atoms with Gasteiger partial charge in [-0.2, -0.15) is 14.9 Å². The van der Waals surface area contributed by atoms with Gasteiger partial charge < -0.3 is 24.0 Å². The third-order valence-corrected chi connectivity index (χ3v) is 10.5. The first kappa shape index (κ1) is 33.6. The van der Waals surface area contributed by atoms with E-state index in [0.29, 0.717) is 36.5 Å². The van der Waals surface area contributed by atoms with Crippen molar-refractivity contribution >= 4 is 34.7 Å². The van der Waals surface area contributed by atoms with Gasteiger partial charge in [-0.05, 0) is 67.7 Å². The summed E-state index contributed by atoms with van der Waals surface area (Å²) in [7, 11) is 2.00. The number of anilines is 2. The van der Waals surface area contributed by atoms with Crippen molar-refractivity contribution in [2.45, 2.75) is 37.2 Å². The van der Waals surface area contributed by atoms with Crippen LogP contribution in [0.4, 0.5) is 11.4 Å². The molecular formula is C35H41ClN8O4S. The third kappa shape index (κ3) is 7.51. The number of hydrogen-bond donors (Lipinski definition) is 1. The minimum atomic E-state index is -0.924. The minimum absolute atomic E-state index is 0.0700. The van der Waals surface area contributed by atoms with Crippen molar-refractivity contribution in [3.8, 4) is 11.4 Å². The minimum Gasteiger partial charge on any atom is -0.491 e. The lowest BCUT2D eigenvalue weighted by Crippen LogP contribution is -2.46. The molecule has 1 N–H and O–H groups in total. The van der Waals surface area contributed by atoms with Crippen LogP contribution in [0.25, 0.3) is 5.69 Å². The molecule has 3 atom stereocenters. The SMILES string of the molecule is CC(C)c1nn(-c2ccc(N3CCN(c4ccc(OCC5COC(CSC6N=NCN6C)(c6ccc(Cl)cc6)O5)cc4)CC3)cc2)c(=O)[nH]1. The van der Waals surface area contributed by atoms with Crippen LogP contribution in [0.1, 0.15) is 31.2 Å². The summed E-state index contributed by atoms with van der Waals surface area (Å²) >= 11 is 7.82. The van der Waals surface area contributed by atoms with Crippen molar-refractivity contribution in [1.82, 2.24) is 19.7 Å². The summed E-state index contributed by atoms with van der Waals surface area (Å²) in [5.41, 5.74) is 3.67. The number of azo groups is 1. The lowest BCUT2D eigenvalue weighted by molar-refractivity contribution is -0.160. The van der Waals surface area contributed by atoms with Crippen LogP contribution in [-0.4, -0.2) is 90.1 Å². The summed E-state index contributed by atoms with van der Waals surface area (Å²) in [5, 5.41) is 13.6. The van der Waals surface area contributed by atoms with E-state index in [4.69, 9.17) is 25.8 Å². The molecule has 1 aromatic heterocycles. The second-order valence-corrected chi connectivity index (χ2v) is 14.3. The molecule has 0 radical (unpaired) electrons. The van der Waals surface area contributed by atoms with Crippen LogP contribution < -0.4 is 20.2 Å². The van der Waals surface area contributed by atoms with Crippen LogP contribution in [0, 0.1) is 0 Å². The molecule has 2 fully saturated rings. The summed E-state index contributed by atoms with van der Waals surface area (Å²) in [6.45, 7) is 8.97. The zero-order valence-electron chi connectivity index (χ0n) is 27.9. The Morgan fingerprint density at radius 1 is 0.959 bits per heavy atom. The topological polar surface area (TPSA) is 113 Å². The lowest BCUT2D eigenvalue weighted by Gasteiger charge is -2.37. The Hall–Kier alpha value is -3.88. The van der Waals surface area contributed by atoms with Gasteiger partial charge in [0.25, 0.3) is 0 Å². The van der Waals surface area contributed by atoms with Crippen molar-refractivity contribution in [3.05, 3.63) is 99.7 Å². The maximum atomic E-state index is 12.4. The van der Waals surface area contributed by atoms with Crippen molar-refractivity contribution in [3.63, 3.8) is 0 Å². The number of nitrogens with one attached hydrogen (secondary N) is 1. The number of thioether (sulfide) groups is 1. The number of piperazine rings is 1.